The van der Waals surface area contributed by atoms with E-state index < -0.39 is 11.9 Å². The molecule has 3 unspecified atom stereocenters. The highest BCUT2D eigenvalue weighted by Gasteiger charge is 2.54. The van der Waals surface area contributed by atoms with Crippen LogP contribution in [-0.2, 0) is 16.0 Å². The maximum atomic E-state index is 16.5. The predicted molar refractivity (Wildman–Crippen MR) is 184 cm³/mol. The van der Waals surface area contributed by atoms with Crippen molar-refractivity contribution in [1.29, 1.82) is 5.26 Å². The van der Waals surface area contributed by atoms with Gasteiger partial charge in [-0.2, -0.15) is 5.26 Å². The minimum Gasteiger partial charge on any atom is -0.356 e. The molecule has 11 heteroatoms. The van der Waals surface area contributed by atoms with Crippen molar-refractivity contribution < 1.29 is 14.0 Å². The maximum Gasteiger partial charge on any atom is 0.228 e. The number of nitrogens with one attached hydrogen (secondary N) is 2. The van der Waals surface area contributed by atoms with E-state index in [4.69, 9.17) is 28.2 Å². The number of pyridine rings is 1. The van der Waals surface area contributed by atoms with Gasteiger partial charge in [0.1, 0.15) is 5.52 Å². The monoisotopic (exact) mass is 686 g/mol. The van der Waals surface area contributed by atoms with Crippen molar-refractivity contribution in [2.75, 3.05) is 20.1 Å². The molecule has 2 N–H and O–H groups in total. The summed E-state index contributed by atoms with van der Waals surface area (Å²) >= 11 is 12.8. The highest BCUT2D eigenvalue weighted by atomic mass is 35.5. The third kappa shape index (κ3) is 5.15. The number of fused-ring (bicyclic) bond motifs is 6. The lowest BCUT2D eigenvalue weighted by molar-refractivity contribution is -0.136. The van der Waals surface area contributed by atoms with E-state index in [0.717, 1.165) is 35.9 Å². The second-order valence-corrected chi connectivity index (χ2v) is 15.0. The van der Waals surface area contributed by atoms with Crippen LogP contribution in [-0.4, -0.2) is 63.8 Å². The fourth-order valence-electron chi connectivity index (χ4n) is 8.40. The van der Waals surface area contributed by atoms with Crippen molar-refractivity contribution in [2.24, 2.45) is 17.8 Å². The molecule has 0 spiro atoms. The first-order chi connectivity index (χ1) is 23.1. The molecule has 3 atom stereocenters. The van der Waals surface area contributed by atoms with Crippen molar-refractivity contribution in [3.05, 3.63) is 63.1 Å². The molecular formula is C37H37Cl2FN6O2. The average Bonchev–Trinajstić information content (AvgIpc) is 3.37. The third-order valence-corrected chi connectivity index (χ3v) is 11.9. The van der Waals surface area contributed by atoms with Crippen LogP contribution < -0.4 is 5.32 Å². The van der Waals surface area contributed by atoms with Gasteiger partial charge in [-0.3, -0.25) is 9.59 Å². The number of piperidine rings is 1. The molecule has 4 aliphatic heterocycles. The van der Waals surface area contributed by atoms with Gasteiger partial charge in [-0.15, -0.1) is 0 Å². The van der Waals surface area contributed by atoms with Crippen molar-refractivity contribution in [1.82, 2.24) is 25.1 Å². The summed E-state index contributed by atoms with van der Waals surface area (Å²) in [6, 6.07) is 11.6. The Morgan fingerprint density at radius 3 is 2.62 bits per heavy atom. The normalized spacial score (nSPS) is 25.7. The number of hydrogen-bond donors (Lipinski definition) is 2. The Morgan fingerprint density at radius 1 is 1.17 bits per heavy atom. The van der Waals surface area contributed by atoms with Crippen LogP contribution in [0.3, 0.4) is 0 Å². The standard InChI is InChI=1S/C32H28Cl2FN5O2.C5H9N/c1-15-20-13-24(30-22-12-18(14-39(2)32(22)42)40(30)31(41)16-8-9-16)38-28(20)21-11-17(5-4-10-36)25(27(35)29(21)37-15)19-6-3-7-23(33)26(19)34;1-4-2-5(1)6-3-4/h3,6-7,11,13,16,18,22,30,38H,4-5,8-9,12,14H2,1-2H3;4-6H,1-3H2. The van der Waals surface area contributed by atoms with E-state index >= 15 is 4.39 Å². The van der Waals surface area contributed by atoms with E-state index in [1.807, 2.05) is 24.0 Å². The molecule has 4 bridgehead atoms. The van der Waals surface area contributed by atoms with E-state index in [-0.39, 0.29) is 52.2 Å². The molecule has 2 aromatic heterocycles. The molecule has 48 heavy (non-hydrogen) atoms. The quantitative estimate of drug-likeness (QED) is 0.233. The number of benzene rings is 2. The molecule has 2 aliphatic carbocycles. The topological polar surface area (TPSA) is 105 Å². The van der Waals surface area contributed by atoms with Gasteiger partial charge in [-0.1, -0.05) is 35.3 Å². The molecule has 6 aliphatic rings. The van der Waals surface area contributed by atoms with E-state index in [2.05, 4.69) is 16.4 Å². The Labute approximate surface area is 288 Å². The number of aromatic amines is 1. The van der Waals surface area contributed by atoms with E-state index in [1.165, 1.54) is 19.4 Å². The predicted octanol–water partition coefficient (Wildman–Crippen LogP) is 7.10. The number of amides is 2. The zero-order chi connectivity index (χ0) is 33.4. The molecule has 10 rings (SSSR count). The highest BCUT2D eigenvalue weighted by Crippen LogP contribution is 2.49. The number of carbonyl (C=O) groups excluding carboxylic acids is 2. The first-order valence-corrected chi connectivity index (χ1v) is 17.7. The van der Waals surface area contributed by atoms with Crippen LogP contribution in [0.4, 0.5) is 4.39 Å². The molecule has 8 nitrogen and oxygen atoms in total. The molecule has 4 saturated heterocycles. The lowest BCUT2D eigenvalue weighted by Crippen LogP contribution is -2.45. The molecule has 0 radical (unpaired) electrons. The summed E-state index contributed by atoms with van der Waals surface area (Å²) in [6.45, 7) is 3.66. The van der Waals surface area contributed by atoms with Crippen molar-refractivity contribution in [3.63, 3.8) is 0 Å². The molecule has 248 valence electrons. The average molecular weight is 688 g/mol. The summed E-state index contributed by atoms with van der Waals surface area (Å²) in [5, 5.41) is 14.7. The molecule has 2 amide bonds. The third-order valence-electron chi connectivity index (χ3n) is 11.0. The summed E-state index contributed by atoms with van der Waals surface area (Å²) in [5.74, 6) is 0.369. The van der Waals surface area contributed by atoms with Crippen molar-refractivity contribution in [3.8, 4) is 17.2 Å². The van der Waals surface area contributed by atoms with Crippen molar-refractivity contribution >= 4 is 56.8 Å². The Hall–Kier alpha value is -3.71. The van der Waals surface area contributed by atoms with Gasteiger partial charge in [-0.05, 0) is 81.7 Å². The van der Waals surface area contributed by atoms with Crippen molar-refractivity contribution in [2.45, 2.75) is 70.0 Å². The maximum absolute atomic E-state index is 16.5. The second kappa shape index (κ2) is 12.0. The van der Waals surface area contributed by atoms with Gasteiger partial charge >= 0.3 is 0 Å². The Morgan fingerprint density at radius 2 is 1.96 bits per heavy atom. The fraction of sp³-hybridized carbons (Fsp3) is 0.459. The summed E-state index contributed by atoms with van der Waals surface area (Å²) in [7, 11) is 1.80. The van der Waals surface area contributed by atoms with Gasteiger partial charge in [0.25, 0.3) is 0 Å². The van der Waals surface area contributed by atoms with E-state index in [1.54, 1.807) is 30.1 Å². The zero-order valence-corrected chi connectivity index (χ0v) is 28.5. The van der Waals surface area contributed by atoms with Crippen LogP contribution >= 0.6 is 23.2 Å². The minimum absolute atomic E-state index is 0.0226. The number of carbonyl (C=O) groups is 2. The highest BCUT2D eigenvalue weighted by molar-refractivity contribution is 6.43. The van der Waals surface area contributed by atoms with Crippen LogP contribution in [0.25, 0.3) is 32.9 Å². The van der Waals surface area contributed by atoms with Crippen LogP contribution in [0, 0.1) is 41.8 Å². The fourth-order valence-corrected chi connectivity index (χ4v) is 8.79. The number of halogens is 3. The zero-order valence-electron chi connectivity index (χ0n) is 27.0. The van der Waals surface area contributed by atoms with Gasteiger partial charge in [0.2, 0.25) is 11.8 Å². The van der Waals surface area contributed by atoms with E-state index in [0.29, 0.717) is 52.1 Å². The first-order valence-electron chi connectivity index (χ1n) is 16.9. The molecule has 2 saturated carbocycles. The Kier molecular flexibility index (Phi) is 7.89. The molecule has 6 heterocycles. The second-order valence-electron chi connectivity index (χ2n) is 14.2. The number of nitriles is 1. The number of aryl methyl sites for hydroxylation is 2. The molecule has 2 aromatic carbocycles. The van der Waals surface area contributed by atoms with Gasteiger partial charge in [0, 0.05) is 65.3 Å². The number of likely N-dealkylation sites (tertiary alicyclic amines) is 2. The number of rotatable bonds is 5. The molecular weight excluding hydrogens is 650 g/mol. The number of likely N-dealkylation sites (N-methyl/N-ethyl adjacent to an activating group) is 1. The SMILES string of the molecule is C1NC2CC1C2.Cc1nc2c(F)c(-c3cccc(Cl)c3Cl)c(CCC#N)cc2c2[nH]c(C3C4CC(CN(C)C4=O)N3C(=O)C3CC3)cc12. The lowest BCUT2D eigenvalue weighted by Gasteiger charge is -2.30. The number of aromatic nitrogens is 2. The summed E-state index contributed by atoms with van der Waals surface area (Å²) in [5.41, 5.74) is 3.58. The lowest BCUT2D eigenvalue weighted by atomic mass is 9.87. The van der Waals surface area contributed by atoms with Gasteiger partial charge in [-0.25, -0.2) is 9.37 Å². The largest absolute Gasteiger partial charge is 0.356 e. The minimum atomic E-state index is -0.537. The van der Waals surface area contributed by atoms with Crippen LogP contribution in [0.15, 0.2) is 30.3 Å². The Balaban J connectivity index is 0.000000499. The Bertz CT molecular complexity index is 2020. The first kappa shape index (κ1) is 31.6. The van der Waals surface area contributed by atoms with Gasteiger partial charge in [0.05, 0.1) is 39.6 Å². The number of hydrogen-bond acceptors (Lipinski definition) is 5. The summed E-state index contributed by atoms with van der Waals surface area (Å²) < 4.78 is 16.5. The molecule has 4 aromatic rings. The van der Waals surface area contributed by atoms with Gasteiger partial charge in [0.15, 0.2) is 5.82 Å². The van der Waals surface area contributed by atoms with Crippen LogP contribution in [0.2, 0.25) is 10.0 Å². The smallest absolute Gasteiger partial charge is 0.228 e. The van der Waals surface area contributed by atoms with Gasteiger partial charge < -0.3 is 20.1 Å². The van der Waals surface area contributed by atoms with Crippen LogP contribution in [0.1, 0.15) is 61.5 Å². The number of H-pyrrole nitrogens is 1. The number of nitrogens with zero attached hydrogens (tertiary/aromatic N) is 4. The van der Waals surface area contributed by atoms with Crippen LogP contribution in [0.5, 0.6) is 0 Å². The van der Waals surface area contributed by atoms with E-state index in [9.17, 15) is 14.9 Å². The summed E-state index contributed by atoms with van der Waals surface area (Å²) in [6.07, 6.45) is 5.84. The molecule has 6 fully saturated rings. The summed E-state index contributed by atoms with van der Waals surface area (Å²) in [4.78, 5) is 38.7.